The van der Waals surface area contributed by atoms with Crippen LogP contribution in [0.3, 0.4) is 0 Å². The van der Waals surface area contributed by atoms with Gasteiger partial charge in [0.25, 0.3) is 0 Å². The Labute approximate surface area is 213 Å². The maximum atomic E-state index is 12.1. The Bertz CT molecular complexity index is 1030. The van der Waals surface area contributed by atoms with Crippen LogP contribution in [0.4, 0.5) is 0 Å². The number of hydrogen-bond donors (Lipinski definition) is 1. The van der Waals surface area contributed by atoms with Gasteiger partial charge < -0.3 is 9.84 Å². The van der Waals surface area contributed by atoms with Gasteiger partial charge in [-0.3, -0.25) is 0 Å². The highest BCUT2D eigenvalue weighted by atomic mass is 16.5. The Balaban J connectivity index is 2.73. The molecule has 0 radical (unpaired) electrons. The van der Waals surface area contributed by atoms with Crippen LogP contribution in [0.1, 0.15) is 121 Å². The summed E-state index contributed by atoms with van der Waals surface area (Å²) < 4.78 is 5.66. The molecule has 2 rings (SSSR count). The van der Waals surface area contributed by atoms with E-state index in [-0.39, 0.29) is 16.7 Å². The first-order valence-electron chi connectivity index (χ1n) is 13.3. The largest absolute Gasteiger partial charge is 0.507 e. The average Bonchev–Trinajstić information content (AvgIpc) is 2.84. The van der Waals surface area contributed by atoms with Crippen LogP contribution in [0.5, 0.6) is 11.5 Å². The van der Waals surface area contributed by atoms with Crippen LogP contribution in [0.2, 0.25) is 0 Å². The number of rotatable bonds is 12. The number of benzene rings is 2. The highest BCUT2D eigenvalue weighted by Crippen LogP contribution is 2.45. The minimum atomic E-state index is -0.477. The molecule has 0 saturated carbocycles. The van der Waals surface area contributed by atoms with E-state index in [0.717, 1.165) is 42.4 Å². The molecule has 3 heteroatoms. The maximum absolute atomic E-state index is 12.1. The summed E-state index contributed by atoms with van der Waals surface area (Å²) in [6.45, 7) is 21.1. The second-order valence-corrected chi connectivity index (χ2v) is 11.1. The standard InChI is InChI=1S/C32H46O3/c1-10-14-15-16-23-17-18-28(35-29(33)11-2)25(19-23)22(5)26-20-24(31(6,7)12-3)21-27(30(26)34)32(8,9)13-4/h11,17-22,34H,2,10,12-16H2,1,3-9H3. The third-order valence-electron chi connectivity index (χ3n) is 7.87. The smallest absolute Gasteiger partial charge is 0.335 e. The Morgan fingerprint density at radius 1 is 1.00 bits per heavy atom. The van der Waals surface area contributed by atoms with Gasteiger partial charge in [0, 0.05) is 28.7 Å². The summed E-state index contributed by atoms with van der Waals surface area (Å²) in [7, 11) is 0. The van der Waals surface area contributed by atoms with E-state index < -0.39 is 5.97 Å². The second kappa shape index (κ2) is 11.9. The van der Waals surface area contributed by atoms with Crippen molar-refractivity contribution < 1.29 is 14.6 Å². The van der Waals surface area contributed by atoms with E-state index >= 15 is 0 Å². The van der Waals surface area contributed by atoms with Crippen molar-refractivity contribution in [1.29, 1.82) is 0 Å². The van der Waals surface area contributed by atoms with Crippen molar-refractivity contribution in [3.05, 3.63) is 70.8 Å². The molecule has 0 spiro atoms. The number of aryl methyl sites for hydroxylation is 1. The topological polar surface area (TPSA) is 46.5 Å². The quantitative estimate of drug-likeness (QED) is 0.143. The molecule has 1 atom stereocenters. The summed E-state index contributed by atoms with van der Waals surface area (Å²) in [5.41, 5.74) is 5.01. The van der Waals surface area contributed by atoms with Crippen molar-refractivity contribution in [3.8, 4) is 11.5 Å². The first kappa shape index (κ1) is 28.7. The Hall–Kier alpha value is -2.55. The molecule has 2 aromatic carbocycles. The van der Waals surface area contributed by atoms with Crippen molar-refractivity contribution in [2.75, 3.05) is 0 Å². The lowest BCUT2D eigenvalue weighted by Gasteiger charge is -2.32. The zero-order valence-electron chi connectivity index (χ0n) is 23.3. The van der Waals surface area contributed by atoms with Gasteiger partial charge in [-0.15, -0.1) is 0 Å². The van der Waals surface area contributed by atoms with Crippen LogP contribution in [0.15, 0.2) is 43.0 Å². The lowest BCUT2D eigenvalue weighted by molar-refractivity contribution is -0.129. The van der Waals surface area contributed by atoms with Crippen molar-refractivity contribution in [2.24, 2.45) is 0 Å². The molecule has 0 aliphatic heterocycles. The fraction of sp³-hybridized carbons (Fsp3) is 0.531. The van der Waals surface area contributed by atoms with E-state index in [1.807, 2.05) is 12.1 Å². The summed E-state index contributed by atoms with van der Waals surface area (Å²) in [4.78, 5) is 12.1. The van der Waals surface area contributed by atoms with Crippen LogP contribution < -0.4 is 4.74 Å². The zero-order valence-corrected chi connectivity index (χ0v) is 23.3. The van der Waals surface area contributed by atoms with Gasteiger partial charge in [-0.1, -0.05) is 99.1 Å². The third kappa shape index (κ3) is 6.78. The minimum absolute atomic E-state index is 0.0269. The summed E-state index contributed by atoms with van der Waals surface area (Å²) >= 11 is 0. The van der Waals surface area contributed by atoms with E-state index in [2.05, 4.69) is 80.2 Å². The second-order valence-electron chi connectivity index (χ2n) is 11.1. The fourth-order valence-corrected chi connectivity index (χ4v) is 4.37. The molecule has 0 amide bonds. The molecule has 0 saturated heterocycles. The lowest BCUT2D eigenvalue weighted by Crippen LogP contribution is -2.21. The molecular weight excluding hydrogens is 432 g/mol. The highest BCUT2D eigenvalue weighted by Gasteiger charge is 2.30. The van der Waals surface area contributed by atoms with Crippen LogP contribution in [-0.4, -0.2) is 11.1 Å². The van der Waals surface area contributed by atoms with Gasteiger partial charge in [0.2, 0.25) is 0 Å². The van der Waals surface area contributed by atoms with Gasteiger partial charge in [0.05, 0.1) is 0 Å². The molecule has 2 aromatic rings. The van der Waals surface area contributed by atoms with Crippen molar-refractivity contribution in [2.45, 2.75) is 111 Å². The van der Waals surface area contributed by atoms with Gasteiger partial charge in [-0.05, 0) is 53.7 Å². The number of ether oxygens (including phenoxy) is 1. The third-order valence-corrected chi connectivity index (χ3v) is 7.87. The molecule has 0 aliphatic carbocycles. The van der Waals surface area contributed by atoms with Crippen LogP contribution in [0.25, 0.3) is 0 Å². The number of phenols is 1. The van der Waals surface area contributed by atoms with Crippen LogP contribution in [-0.2, 0) is 22.0 Å². The van der Waals surface area contributed by atoms with E-state index in [1.54, 1.807) is 0 Å². The molecule has 1 N–H and O–H groups in total. The number of unbranched alkanes of at least 4 members (excludes halogenated alkanes) is 2. The first-order valence-corrected chi connectivity index (χ1v) is 13.3. The molecule has 0 aliphatic rings. The number of esters is 1. The molecule has 192 valence electrons. The van der Waals surface area contributed by atoms with E-state index in [1.165, 1.54) is 30.0 Å². The predicted octanol–water partition coefficient (Wildman–Crippen LogP) is 8.74. The number of hydrogen-bond acceptors (Lipinski definition) is 3. The Morgan fingerprint density at radius 3 is 2.23 bits per heavy atom. The van der Waals surface area contributed by atoms with Gasteiger partial charge in [0.15, 0.2) is 0 Å². The van der Waals surface area contributed by atoms with Gasteiger partial charge in [0.1, 0.15) is 11.5 Å². The molecule has 35 heavy (non-hydrogen) atoms. The van der Waals surface area contributed by atoms with Crippen LogP contribution in [0, 0.1) is 0 Å². The summed E-state index contributed by atoms with van der Waals surface area (Å²) in [6.07, 6.45) is 7.55. The molecule has 0 heterocycles. The average molecular weight is 479 g/mol. The number of carbonyl (C=O) groups excluding carboxylic acids is 1. The number of carbonyl (C=O) groups is 1. The molecular formula is C32H46O3. The monoisotopic (exact) mass is 478 g/mol. The zero-order chi connectivity index (χ0) is 26.4. The summed E-state index contributed by atoms with van der Waals surface area (Å²) in [5, 5.41) is 11.6. The fourth-order valence-electron chi connectivity index (χ4n) is 4.37. The van der Waals surface area contributed by atoms with Gasteiger partial charge in [-0.2, -0.15) is 0 Å². The Morgan fingerprint density at radius 2 is 1.66 bits per heavy atom. The van der Waals surface area contributed by atoms with Gasteiger partial charge in [-0.25, -0.2) is 4.79 Å². The van der Waals surface area contributed by atoms with Crippen molar-refractivity contribution in [1.82, 2.24) is 0 Å². The number of phenolic OH excluding ortho intramolecular Hbond substituents is 1. The van der Waals surface area contributed by atoms with E-state index in [0.29, 0.717) is 11.5 Å². The normalized spacial score (nSPS) is 12.9. The highest BCUT2D eigenvalue weighted by molar-refractivity contribution is 5.83. The summed E-state index contributed by atoms with van der Waals surface area (Å²) in [5.74, 6) is 0.234. The van der Waals surface area contributed by atoms with E-state index in [9.17, 15) is 9.90 Å². The molecule has 1 unspecified atom stereocenters. The van der Waals surface area contributed by atoms with Gasteiger partial charge >= 0.3 is 5.97 Å². The predicted molar refractivity (Wildman–Crippen MR) is 148 cm³/mol. The molecule has 0 aromatic heterocycles. The maximum Gasteiger partial charge on any atom is 0.335 e. The summed E-state index contributed by atoms with van der Waals surface area (Å²) in [6, 6.07) is 10.4. The van der Waals surface area contributed by atoms with Crippen LogP contribution >= 0.6 is 0 Å². The Kier molecular flexibility index (Phi) is 9.77. The van der Waals surface area contributed by atoms with Crippen molar-refractivity contribution in [3.63, 3.8) is 0 Å². The SMILES string of the molecule is C=CC(=O)Oc1ccc(CCCCC)cc1C(C)c1cc(C(C)(C)CC)cc(C(C)(C)CC)c1O. The molecule has 3 nitrogen and oxygen atoms in total. The first-order chi connectivity index (χ1) is 16.4. The number of aromatic hydroxyl groups is 1. The van der Waals surface area contributed by atoms with Crippen molar-refractivity contribution >= 4 is 5.97 Å². The lowest BCUT2D eigenvalue weighted by atomic mass is 9.73. The van der Waals surface area contributed by atoms with E-state index in [4.69, 9.17) is 4.74 Å². The molecule has 0 fully saturated rings. The molecule has 0 bridgehead atoms. The minimum Gasteiger partial charge on any atom is -0.507 e.